The number of hydrogen-bond donors (Lipinski definition) is 3. The van der Waals surface area contributed by atoms with Gasteiger partial charge in [0.2, 0.25) is 10.0 Å². The summed E-state index contributed by atoms with van der Waals surface area (Å²) in [6.45, 7) is 5.71. The molecule has 9 heteroatoms. The highest BCUT2D eigenvalue weighted by molar-refractivity contribution is 9.10. The Bertz CT molecular complexity index is 711. The topological polar surface area (TPSA) is 85.8 Å². The standard InChI is InChI=1S/C17H28BrN5O2S/c1-3-19-17(20-10-6-11-21-26(2,24)25)22-14-9-12-23(13-14)16-8-5-4-7-15(16)18/h4-5,7-8,14,21H,3,6,9-13H2,1-2H3,(H2,19,20,22). The molecule has 0 aliphatic carbocycles. The number of nitrogens with zero attached hydrogens (tertiary/aromatic N) is 2. The summed E-state index contributed by atoms with van der Waals surface area (Å²) in [5.74, 6) is 0.783. The third kappa shape index (κ3) is 7.13. The number of halogens is 1. The fourth-order valence-corrected chi connectivity index (χ4v) is 3.90. The van der Waals surface area contributed by atoms with Crippen LogP contribution in [0.5, 0.6) is 0 Å². The van der Waals surface area contributed by atoms with Gasteiger partial charge in [-0.2, -0.15) is 0 Å². The third-order valence-corrected chi connectivity index (χ3v) is 5.43. The van der Waals surface area contributed by atoms with E-state index in [2.05, 4.69) is 59.4 Å². The number of sulfonamides is 1. The molecule has 1 fully saturated rings. The van der Waals surface area contributed by atoms with Crippen molar-refractivity contribution < 1.29 is 8.42 Å². The van der Waals surface area contributed by atoms with Crippen LogP contribution in [0.2, 0.25) is 0 Å². The largest absolute Gasteiger partial charge is 0.368 e. The van der Waals surface area contributed by atoms with Crippen molar-refractivity contribution in [3.05, 3.63) is 28.7 Å². The third-order valence-electron chi connectivity index (χ3n) is 4.04. The quantitative estimate of drug-likeness (QED) is 0.320. The van der Waals surface area contributed by atoms with Crippen LogP contribution in [-0.4, -0.2) is 59.4 Å². The molecule has 0 spiro atoms. The van der Waals surface area contributed by atoms with Crippen LogP contribution >= 0.6 is 15.9 Å². The molecule has 0 bridgehead atoms. The highest BCUT2D eigenvalue weighted by Gasteiger charge is 2.24. The van der Waals surface area contributed by atoms with E-state index < -0.39 is 10.0 Å². The predicted octanol–water partition coefficient (Wildman–Crippen LogP) is 1.52. The number of hydrogen-bond acceptors (Lipinski definition) is 4. The van der Waals surface area contributed by atoms with Gasteiger partial charge < -0.3 is 15.5 Å². The molecule has 0 amide bonds. The second-order valence-electron chi connectivity index (χ2n) is 6.31. The summed E-state index contributed by atoms with van der Waals surface area (Å²) in [6.07, 6.45) is 2.87. The molecule has 0 radical (unpaired) electrons. The molecule has 1 aliphatic rings. The lowest BCUT2D eigenvalue weighted by molar-refractivity contribution is 0.585. The molecular weight excluding hydrogens is 418 g/mol. The van der Waals surface area contributed by atoms with Crippen molar-refractivity contribution in [1.29, 1.82) is 0 Å². The molecule has 1 saturated heterocycles. The number of benzene rings is 1. The van der Waals surface area contributed by atoms with Gasteiger partial charge >= 0.3 is 0 Å². The normalized spacial score (nSPS) is 18.2. The summed E-state index contributed by atoms with van der Waals surface area (Å²) in [6, 6.07) is 8.59. The Labute approximate surface area is 164 Å². The van der Waals surface area contributed by atoms with E-state index in [4.69, 9.17) is 0 Å². The maximum Gasteiger partial charge on any atom is 0.208 e. The number of aliphatic imine (C=N–C) groups is 1. The maximum atomic E-state index is 11.1. The van der Waals surface area contributed by atoms with Gasteiger partial charge in [-0.1, -0.05) is 12.1 Å². The Morgan fingerprint density at radius 2 is 2.15 bits per heavy atom. The van der Waals surface area contributed by atoms with Crippen LogP contribution in [0.25, 0.3) is 0 Å². The van der Waals surface area contributed by atoms with Gasteiger partial charge in [0.05, 0.1) is 11.9 Å². The molecule has 1 aromatic carbocycles. The zero-order chi connectivity index (χ0) is 19.0. The van der Waals surface area contributed by atoms with Gasteiger partial charge in [0, 0.05) is 43.2 Å². The number of guanidine groups is 1. The number of rotatable bonds is 8. The first-order chi connectivity index (χ1) is 12.4. The van der Waals surface area contributed by atoms with Crippen LogP contribution in [0.15, 0.2) is 33.7 Å². The van der Waals surface area contributed by atoms with Gasteiger partial charge in [-0.3, -0.25) is 4.99 Å². The van der Waals surface area contributed by atoms with Gasteiger partial charge in [0.1, 0.15) is 0 Å². The minimum atomic E-state index is -3.13. The maximum absolute atomic E-state index is 11.1. The summed E-state index contributed by atoms with van der Waals surface area (Å²) < 4.78 is 25.7. The molecule has 1 atom stereocenters. The minimum Gasteiger partial charge on any atom is -0.368 e. The molecule has 26 heavy (non-hydrogen) atoms. The predicted molar refractivity (Wildman–Crippen MR) is 111 cm³/mol. The number of anilines is 1. The summed E-state index contributed by atoms with van der Waals surface area (Å²) in [4.78, 5) is 6.91. The zero-order valence-corrected chi connectivity index (χ0v) is 17.7. The van der Waals surface area contributed by atoms with Crippen LogP contribution in [0, 0.1) is 0 Å². The molecule has 0 aromatic heterocycles. The summed E-state index contributed by atoms with van der Waals surface area (Å²) in [7, 11) is -3.13. The second kappa shape index (κ2) is 10.1. The smallest absolute Gasteiger partial charge is 0.208 e. The molecule has 7 nitrogen and oxygen atoms in total. The first-order valence-electron chi connectivity index (χ1n) is 8.88. The highest BCUT2D eigenvalue weighted by Crippen LogP contribution is 2.28. The van der Waals surface area contributed by atoms with E-state index in [9.17, 15) is 8.42 Å². The molecule has 3 N–H and O–H groups in total. The van der Waals surface area contributed by atoms with Crippen molar-refractivity contribution in [2.75, 3.05) is 43.9 Å². The molecule has 1 unspecified atom stereocenters. The lowest BCUT2D eigenvalue weighted by atomic mass is 10.3. The van der Waals surface area contributed by atoms with Crippen molar-refractivity contribution in [1.82, 2.24) is 15.4 Å². The lowest BCUT2D eigenvalue weighted by Crippen LogP contribution is -2.44. The van der Waals surface area contributed by atoms with Crippen LogP contribution in [-0.2, 0) is 10.0 Å². The van der Waals surface area contributed by atoms with Crippen molar-refractivity contribution >= 4 is 37.6 Å². The van der Waals surface area contributed by atoms with E-state index in [0.29, 0.717) is 25.6 Å². The Kier molecular flexibility index (Phi) is 8.17. The molecule has 0 saturated carbocycles. The number of nitrogens with one attached hydrogen (secondary N) is 3. The monoisotopic (exact) mass is 445 g/mol. The Balaban J connectivity index is 1.84. The average Bonchev–Trinajstić information content (AvgIpc) is 3.02. The first kappa shape index (κ1) is 21.0. The van der Waals surface area contributed by atoms with E-state index in [-0.39, 0.29) is 0 Å². The summed E-state index contributed by atoms with van der Waals surface area (Å²) in [5, 5.41) is 6.74. The van der Waals surface area contributed by atoms with Crippen molar-refractivity contribution in [2.45, 2.75) is 25.8 Å². The van der Waals surface area contributed by atoms with Gasteiger partial charge in [-0.25, -0.2) is 13.1 Å². The summed E-state index contributed by atoms with van der Waals surface area (Å²) in [5.41, 5.74) is 1.21. The van der Waals surface area contributed by atoms with Gasteiger partial charge in [-0.05, 0) is 47.8 Å². The highest BCUT2D eigenvalue weighted by atomic mass is 79.9. The molecule has 1 aromatic rings. The molecule has 2 rings (SSSR count). The first-order valence-corrected chi connectivity index (χ1v) is 11.6. The Hall–Kier alpha value is -1.32. The number of para-hydroxylation sites is 1. The fraction of sp³-hybridized carbons (Fsp3) is 0.588. The van der Waals surface area contributed by atoms with E-state index >= 15 is 0 Å². The molecule has 1 heterocycles. The second-order valence-corrected chi connectivity index (χ2v) is 9.00. The van der Waals surface area contributed by atoms with Gasteiger partial charge in [0.15, 0.2) is 5.96 Å². The fourth-order valence-electron chi connectivity index (χ4n) is 2.85. The Morgan fingerprint density at radius 1 is 1.38 bits per heavy atom. The van der Waals surface area contributed by atoms with E-state index in [1.807, 2.05) is 13.0 Å². The molecule has 1 aliphatic heterocycles. The zero-order valence-electron chi connectivity index (χ0n) is 15.3. The van der Waals surface area contributed by atoms with E-state index in [1.165, 1.54) is 11.9 Å². The van der Waals surface area contributed by atoms with Crippen LogP contribution in [0.1, 0.15) is 19.8 Å². The van der Waals surface area contributed by atoms with Crippen LogP contribution in [0.4, 0.5) is 5.69 Å². The van der Waals surface area contributed by atoms with Crippen molar-refractivity contribution in [3.63, 3.8) is 0 Å². The summed E-state index contributed by atoms with van der Waals surface area (Å²) >= 11 is 3.62. The van der Waals surface area contributed by atoms with Crippen LogP contribution < -0.4 is 20.3 Å². The van der Waals surface area contributed by atoms with Gasteiger partial charge in [0.25, 0.3) is 0 Å². The molecule has 146 valence electrons. The van der Waals surface area contributed by atoms with Crippen LogP contribution in [0.3, 0.4) is 0 Å². The van der Waals surface area contributed by atoms with Crippen molar-refractivity contribution in [2.24, 2.45) is 4.99 Å². The minimum absolute atomic E-state index is 0.328. The van der Waals surface area contributed by atoms with E-state index in [0.717, 1.165) is 36.5 Å². The van der Waals surface area contributed by atoms with E-state index in [1.54, 1.807) is 0 Å². The Morgan fingerprint density at radius 3 is 2.85 bits per heavy atom. The lowest BCUT2D eigenvalue weighted by Gasteiger charge is -2.21. The molecular formula is C17H28BrN5O2S. The van der Waals surface area contributed by atoms with Crippen molar-refractivity contribution in [3.8, 4) is 0 Å². The average molecular weight is 446 g/mol. The van der Waals surface area contributed by atoms with Gasteiger partial charge in [-0.15, -0.1) is 0 Å². The SMILES string of the molecule is CCNC(=NCCCNS(C)(=O)=O)NC1CCN(c2ccccc2Br)C1.